The summed E-state index contributed by atoms with van der Waals surface area (Å²) in [6.07, 6.45) is 0.424. The highest BCUT2D eigenvalue weighted by molar-refractivity contribution is 7.13. The summed E-state index contributed by atoms with van der Waals surface area (Å²) in [4.78, 5) is 16.8. The van der Waals surface area contributed by atoms with Crippen LogP contribution in [0.25, 0.3) is 0 Å². The summed E-state index contributed by atoms with van der Waals surface area (Å²) in [5, 5.41) is 0. The zero-order valence-electron chi connectivity index (χ0n) is 11.4. The van der Waals surface area contributed by atoms with Crippen LogP contribution in [0, 0.1) is 13.8 Å². The molecular formula is C15H18O2S2. The number of aryl methyl sites for hydroxylation is 2. The molecule has 0 spiro atoms. The number of thiophene rings is 2. The molecule has 0 radical (unpaired) electrons. The number of esters is 1. The SMILES string of the molecule is CCOC(=O)CC(c1ccc(C)s1)c1ccc(C)s1. The lowest BCUT2D eigenvalue weighted by molar-refractivity contribution is -0.143. The van der Waals surface area contributed by atoms with E-state index in [1.54, 1.807) is 22.7 Å². The molecular weight excluding hydrogens is 276 g/mol. The minimum absolute atomic E-state index is 0.121. The van der Waals surface area contributed by atoms with Crippen molar-refractivity contribution in [2.75, 3.05) is 6.61 Å². The normalized spacial score (nSPS) is 10.9. The van der Waals surface area contributed by atoms with Crippen molar-refractivity contribution in [1.29, 1.82) is 0 Å². The van der Waals surface area contributed by atoms with Gasteiger partial charge in [0.15, 0.2) is 0 Å². The van der Waals surface area contributed by atoms with Crippen LogP contribution < -0.4 is 0 Å². The molecule has 4 heteroatoms. The van der Waals surface area contributed by atoms with Gasteiger partial charge in [-0.15, -0.1) is 22.7 Å². The summed E-state index contributed by atoms with van der Waals surface area (Å²) in [5.74, 6) is 0.0149. The van der Waals surface area contributed by atoms with Crippen LogP contribution in [-0.2, 0) is 9.53 Å². The molecule has 2 rings (SSSR count). The maximum atomic E-state index is 11.8. The molecule has 0 fully saturated rings. The van der Waals surface area contributed by atoms with Gasteiger partial charge in [0.2, 0.25) is 0 Å². The molecule has 0 atom stereocenters. The second-order valence-electron chi connectivity index (χ2n) is 4.46. The van der Waals surface area contributed by atoms with E-state index in [1.807, 2.05) is 6.92 Å². The lowest BCUT2D eigenvalue weighted by Gasteiger charge is -2.13. The number of hydrogen-bond acceptors (Lipinski definition) is 4. The fourth-order valence-corrected chi connectivity index (χ4v) is 4.08. The number of carbonyl (C=O) groups excluding carboxylic acids is 1. The molecule has 2 aromatic heterocycles. The van der Waals surface area contributed by atoms with Gasteiger partial charge in [-0.3, -0.25) is 4.79 Å². The van der Waals surface area contributed by atoms with Gasteiger partial charge in [0.1, 0.15) is 0 Å². The Labute approximate surface area is 122 Å². The van der Waals surface area contributed by atoms with Crippen LogP contribution in [0.5, 0.6) is 0 Å². The van der Waals surface area contributed by atoms with Crippen molar-refractivity contribution < 1.29 is 9.53 Å². The van der Waals surface area contributed by atoms with E-state index in [0.29, 0.717) is 13.0 Å². The Morgan fingerprint density at radius 3 is 2.00 bits per heavy atom. The molecule has 0 saturated heterocycles. The second-order valence-corrected chi connectivity index (χ2v) is 7.10. The third-order valence-corrected chi connectivity index (χ3v) is 5.11. The van der Waals surface area contributed by atoms with Crippen molar-refractivity contribution in [1.82, 2.24) is 0 Å². The molecule has 0 bridgehead atoms. The fourth-order valence-electron chi connectivity index (χ4n) is 2.01. The van der Waals surface area contributed by atoms with E-state index < -0.39 is 0 Å². The maximum absolute atomic E-state index is 11.8. The molecule has 0 amide bonds. The Balaban J connectivity index is 2.25. The molecule has 2 heterocycles. The van der Waals surface area contributed by atoms with Crippen molar-refractivity contribution in [3.63, 3.8) is 0 Å². The maximum Gasteiger partial charge on any atom is 0.306 e. The monoisotopic (exact) mass is 294 g/mol. The van der Waals surface area contributed by atoms with Crippen LogP contribution in [0.15, 0.2) is 24.3 Å². The Kier molecular flexibility index (Phi) is 4.77. The summed E-state index contributed by atoms with van der Waals surface area (Å²) in [5.41, 5.74) is 0. The Morgan fingerprint density at radius 2 is 1.63 bits per heavy atom. The van der Waals surface area contributed by atoms with Gasteiger partial charge in [0.25, 0.3) is 0 Å². The molecule has 0 saturated carbocycles. The number of hydrogen-bond donors (Lipinski definition) is 0. The van der Waals surface area contributed by atoms with Crippen molar-refractivity contribution in [2.45, 2.75) is 33.1 Å². The van der Waals surface area contributed by atoms with Gasteiger partial charge < -0.3 is 4.74 Å². The first-order valence-electron chi connectivity index (χ1n) is 6.38. The van der Waals surface area contributed by atoms with Crippen LogP contribution in [0.1, 0.15) is 38.8 Å². The first kappa shape index (κ1) is 14.3. The van der Waals surface area contributed by atoms with E-state index in [2.05, 4.69) is 38.1 Å². The first-order chi connectivity index (χ1) is 9.10. The van der Waals surface area contributed by atoms with E-state index in [-0.39, 0.29) is 11.9 Å². The topological polar surface area (TPSA) is 26.3 Å². The Bertz CT molecular complexity index is 514. The van der Waals surface area contributed by atoms with Gasteiger partial charge in [0.05, 0.1) is 13.0 Å². The van der Waals surface area contributed by atoms with Crippen LogP contribution in [0.4, 0.5) is 0 Å². The number of ether oxygens (including phenoxy) is 1. The molecule has 0 aromatic carbocycles. The lowest BCUT2D eigenvalue weighted by Crippen LogP contribution is -2.09. The molecule has 0 N–H and O–H groups in total. The van der Waals surface area contributed by atoms with Gasteiger partial charge in [-0.1, -0.05) is 0 Å². The molecule has 2 aromatic rings. The predicted molar refractivity (Wildman–Crippen MR) is 81.2 cm³/mol. The van der Waals surface area contributed by atoms with E-state index in [9.17, 15) is 4.79 Å². The van der Waals surface area contributed by atoms with Crippen LogP contribution in [0.2, 0.25) is 0 Å². The average Bonchev–Trinajstić information content (AvgIpc) is 2.96. The van der Waals surface area contributed by atoms with E-state index >= 15 is 0 Å². The number of carbonyl (C=O) groups is 1. The highest BCUT2D eigenvalue weighted by atomic mass is 32.1. The largest absolute Gasteiger partial charge is 0.466 e. The van der Waals surface area contributed by atoms with E-state index in [0.717, 1.165) is 0 Å². The van der Waals surface area contributed by atoms with Crippen molar-refractivity contribution in [3.8, 4) is 0 Å². The predicted octanol–water partition coefficient (Wildman–Crippen LogP) is 4.51. The van der Waals surface area contributed by atoms with Gasteiger partial charge in [-0.2, -0.15) is 0 Å². The van der Waals surface area contributed by atoms with E-state index in [1.165, 1.54) is 19.5 Å². The smallest absolute Gasteiger partial charge is 0.306 e. The molecule has 0 aliphatic carbocycles. The van der Waals surface area contributed by atoms with Gasteiger partial charge in [-0.05, 0) is 45.0 Å². The van der Waals surface area contributed by atoms with Crippen molar-refractivity contribution >= 4 is 28.6 Å². The second kappa shape index (κ2) is 6.35. The number of rotatable bonds is 5. The molecule has 0 aliphatic rings. The standard InChI is InChI=1S/C15H18O2S2/c1-4-17-15(16)9-12(13-7-5-10(2)18-13)14-8-6-11(3)19-14/h5-8,12H,4,9H2,1-3H3. The first-order valence-corrected chi connectivity index (χ1v) is 8.01. The van der Waals surface area contributed by atoms with Crippen molar-refractivity contribution in [3.05, 3.63) is 43.8 Å². The van der Waals surface area contributed by atoms with Gasteiger partial charge in [-0.25, -0.2) is 0 Å². The zero-order chi connectivity index (χ0) is 13.8. The van der Waals surface area contributed by atoms with Crippen LogP contribution in [0.3, 0.4) is 0 Å². The molecule has 2 nitrogen and oxygen atoms in total. The van der Waals surface area contributed by atoms with Gasteiger partial charge >= 0.3 is 5.97 Å². The fraction of sp³-hybridized carbons (Fsp3) is 0.400. The minimum atomic E-state index is -0.121. The summed E-state index contributed by atoms with van der Waals surface area (Å²) < 4.78 is 5.10. The molecule has 0 aliphatic heterocycles. The highest BCUT2D eigenvalue weighted by Gasteiger charge is 2.21. The summed E-state index contributed by atoms with van der Waals surface area (Å²) in [7, 11) is 0. The lowest BCUT2D eigenvalue weighted by atomic mass is 10.0. The summed E-state index contributed by atoms with van der Waals surface area (Å²) in [6, 6.07) is 8.47. The third kappa shape index (κ3) is 3.67. The summed E-state index contributed by atoms with van der Waals surface area (Å²) in [6.45, 7) is 6.47. The zero-order valence-corrected chi connectivity index (χ0v) is 13.1. The minimum Gasteiger partial charge on any atom is -0.466 e. The highest BCUT2D eigenvalue weighted by Crippen LogP contribution is 2.36. The van der Waals surface area contributed by atoms with Crippen LogP contribution in [-0.4, -0.2) is 12.6 Å². The molecule has 0 unspecified atom stereocenters. The Hall–Kier alpha value is -1.13. The van der Waals surface area contributed by atoms with Gasteiger partial charge in [0, 0.05) is 25.4 Å². The van der Waals surface area contributed by atoms with E-state index in [4.69, 9.17) is 4.74 Å². The summed E-state index contributed by atoms with van der Waals surface area (Å²) >= 11 is 3.52. The van der Waals surface area contributed by atoms with Crippen LogP contribution >= 0.6 is 22.7 Å². The quantitative estimate of drug-likeness (QED) is 0.758. The molecule has 19 heavy (non-hydrogen) atoms. The Morgan fingerprint density at radius 1 is 1.11 bits per heavy atom. The average molecular weight is 294 g/mol. The molecule has 102 valence electrons. The van der Waals surface area contributed by atoms with Crippen molar-refractivity contribution in [2.24, 2.45) is 0 Å². The third-order valence-electron chi connectivity index (χ3n) is 2.89.